The van der Waals surface area contributed by atoms with Gasteiger partial charge in [-0.05, 0) is 52.2 Å². The molecule has 0 radical (unpaired) electrons. The first-order valence-corrected chi connectivity index (χ1v) is 14.4. The Labute approximate surface area is 195 Å². The number of nitrogens with one attached hydrogen (secondary N) is 2. The lowest BCUT2D eigenvalue weighted by Gasteiger charge is -2.35. The van der Waals surface area contributed by atoms with Crippen LogP contribution in [0.3, 0.4) is 0 Å². The molecule has 0 atom stereocenters. The average Bonchev–Trinajstić information content (AvgIpc) is 3.20. The van der Waals surface area contributed by atoms with Crippen LogP contribution in [-0.2, 0) is 18.5 Å². The molecule has 0 aromatic carbocycles. The topological polar surface area (TPSA) is 98.9 Å². The van der Waals surface area contributed by atoms with Gasteiger partial charge in [0.1, 0.15) is 12.2 Å². The van der Waals surface area contributed by atoms with Crippen LogP contribution in [0.15, 0.2) is 18.6 Å². The first kappa shape index (κ1) is 24.9. The zero-order valence-electron chi connectivity index (χ0n) is 21.0. The molecule has 0 saturated heterocycles. The Hall–Kier alpha value is -2.72. The third-order valence-electron chi connectivity index (χ3n) is 4.78. The largest absolute Gasteiger partial charge is 0.360 e. The fourth-order valence-corrected chi connectivity index (χ4v) is 3.85. The lowest BCUT2D eigenvalue weighted by Crippen LogP contribution is -2.40. The lowest BCUT2D eigenvalue weighted by molar-refractivity contribution is 0.0901. The molecule has 33 heavy (non-hydrogen) atoms. The van der Waals surface area contributed by atoms with E-state index >= 15 is 0 Å². The maximum absolute atomic E-state index is 13.1. The van der Waals surface area contributed by atoms with Crippen LogP contribution in [0.5, 0.6) is 0 Å². The van der Waals surface area contributed by atoms with Gasteiger partial charge in [0, 0.05) is 25.0 Å². The molecule has 9 nitrogen and oxygen atoms in total. The van der Waals surface area contributed by atoms with E-state index in [9.17, 15) is 4.79 Å². The quantitative estimate of drug-likeness (QED) is 0.383. The molecule has 10 heteroatoms. The molecule has 182 valence electrons. The standard InChI is InChI=1S/C23H37N7O2S/c1-16-20(26-17-12-24-29(5)13-17)27-19-18(22(31)28-23(2,3)4)14-30(21(19)25-16)15-32-10-11-33(6,7,8)9/h12-14H,6,10-11,15H2,1-5,7-9H3,(H,26,27)(H,28,31). The Balaban J connectivity index is 1.96. The molecule has 0 aliphatic heterocycles. The van der Waals surface area contributed by atoms with Crippen LogP contribution < -0.4 is 10.6 Å². The molecule has 0 spiro atoms. The lowest BCUT2D eigenvalue weighted by atomic mass is 10.1. The van der Waals surface area contributed by atoms with E-state index in [2.05, 4.69) is 40.4 Å². The van der Waals surface area contributed by atoms with Crippen molar-refractivity contribution in [3.05, 3.63) is 29.8 Å². The summed E-state index contributed by atoms with van der Waals surface area (Å²) < 4.78 is 9.50. The number of carbonyl (C=O) groups is 1. The van der Waals surface area contributed by atoms with Gasteiger partial charge in [-0.3, -0.25) is 18.2 Å². The highest BCUT2D eigenvalue weighted by molar-refractivity contribution is 8.45. The average molecular weight is 476 g/mol. The van der Waals surface area contributed by atoms with Crippen molar-refractivity contribution in [2.45, 2.75) is 40.0 Å². The van der Waals surface area contributed by atoms with Gasteiger partial charge in [0.05, 0.1) is 29.7 Å². The fourth-order valence-electron chi connectivity index (χ4n) is 3.11. The summed E-state index contributed by atoms with van der Waals surface area (Å²) in [5, 5.41) is 10.4. The van der Waals surface area contributed by atoms with Gasteiger partial charge >= 0.3 is 0 Å². The van der Waals surface area contributed by atoms with Gasteiger partial charge in [-0.2, -0.15) is 5.10 Å². The van der Waals surface area contributed by atoms with Gasteiger partial charge in [-0.1, -0.05) is 5.87 Å². The minimum Gasteiger partial charge on any atom is -0.360 e. The first-order chi connectivity index (χ1) is 15.1. The second kappa shape index (κ2) is 8.57. The molecule has 3 rings (SSSR count). The summed E-state index contributed by atoms with van der Waals surface area (Å²) in [6.07, 6.45) is 11.9. The summed E-state index contributed by atoms with van der Waals surface area (Å²) in [4.78, 5) is 22.6. The summed E-state index contributed by atoms with van der Waals surface area (Å²) in [5.74, 6) is 5.63. The van der Waals surface area contributed by atoms with Crippen LogP contribution in [0, 0.1) is 6.92 Å². The second-order valence-electron chi connectivity index (χ2n) is 11.0. The van der Waals surface area contributed by atoms with Crippen molar-refractivity contribution >= 4 is 43.2 Å². The smallest absolute Gasteiger partial charge is 0.255 e. The number of rotatable bonds is 8. The summed E-state index contributed by atoms with van der Waals surface area (Å²) in [6.45, 7) is 8.60. The van der Waals surface area contributed by atoms with E-state index in [-0.39, 0.29) is 18.2 Å². The zero-order valence-corrected chi connectivity index (χ0v) is 21.8. The number of nitrogens with zero attached hydrogens (tertiary/aromatic N) is 5. The molecule has 0 unspecified atom stereocenters. The van der Waals surface area contributed by atoms with Crippen LogP contribution in [0.1, 0.15) is 36.8 Å². The molecule has 0 aliphatic carbocycles. The van der Waals surface area contributed by atoms with Crippen LogP contribution >= 0.6 is 8.75 Å². The van der Waals surface area contributed by atoms with Gasteiger partial charge < -0.3 is 19.9 Å². The van der Waals surface area contributed by atoms with Gasteiger partial charge in [-0.15, -0.1) is 0 Å². The number of carbonyl (C=O) groups excluding carboxylic acids is 1. The molecule has 3 aromatic rings. The number of aromatic nitrogens is 5. The predicted octanol–water partition coefficient (Wildman–Crippen LogP) is 3.38. The maximum Gasteiger partial charge on any atom is 0.255 e. The number of fused-ring (bicyclic) bond motifs is 1. The van der Waals surface area contributed by atoms with Crippen molar-refractivity contribution in [3.8, 4) is 0 Å². The Bertz CT molecular complexity index is 1230. The van der Waals surface area contributed by atoms with E-state index in [0.717, 1.165) is 11.4 Å². The number of aryl methyl sites for hydroxylation is 2. The van der Waals surface area contributed by atoms with Gasteiger partial charge in [-0.25, -0.2) is 9.97 Å². The highest BCUT2D eigenvalue weighted by Crippen LogP contribution is 2.44. The number of hydrogen-bond acceptors (Lipinski definition) is 6. The number of anilines is 2. The van der Waals surface area contributed by atoms with Crippen molar-refractivity contribution in [2.24, 2.45) is 7.05 Å². The van der Waals surface area contributed by atoms with E-state index < -0.39 is 8.75 Å². The van der Waals surface area contributed by atoms with Crippen LogP contribution in [0.4, 0.5) is 11.5 Å². The summed E-state index contributed by atoms with van der Waals surface area (Å²) in [5.41, 5.74) is 2.72. The summed E-state index contributed by atoms with van der Waals surface area (Å²) in [6, 6.07) is 0. The second-order valence-corrected chi connectivity index (χ2v) is 17.7. The van der Waals surface area contributed by atoms with E-state index in [1.807, 2.05) is 45.5 Å². The monoisotopic (exact) mass is 475 g/mol. The normalized spacial score (nSPS) is 13.6. The van der Waals surface area contributed by atoms with Crippen LogP contribution in [0.2, 0.25) is 0 Å². The summed E-state index contributed by atoms with van der Waals surface area (Å²) >= 11 is 0. The molecule has 0 fully saturated rings. The minimum absolute atomic E-state index is 0.200. The third-order valence-corrected chi connectivity index (χ3v) is 6.46. The van der Waals surface area contributed by atoms with E-state index in [4.69, 9.17) is 14.7 Å². The molecule has 0 saturated carbocycles. The molecule has 0 aliphatic rings. The third kappa shape index (κ3) is 6.88. The molecule has 3 aromatic heterocycles. The number of hydrogen-bond donors (Lipinski definition) is 2. The van der Waals surface area contributed by atoms with E-state index in [1.54, 1.807) is 17.1 Å². The van der Waals surface area contributed by atoms with Crippen molar-refractivity contribution in [1.82, 2.24) is 29.6 Å². The highest BCUT2D eigenvalue weighted by Gasteiger charge is 2.23. The molecule has 3 heterocycles. The highest BCUT2D eigenvalue weighted by atomic mass is 32.3. The van der Waals surface area contributed by atoms with Crippen molar-refractivity contribution < 1.29 is 9.53 Å². The van der Waals surface area contributed by atoms with Gasteiger partial charge in [0.2, 0.25) is 0 Å². The summed E-state index contributed by atoms with van der Waals surface area (Å²) in [7, 11) is 0.195. The van der Waals surface area contributed by atoms with Crippen molar-refractivity contribution in [3.63, 3.8) is 0 Å². The van der Waals surface area contributed by atoms with Crippen molar-refractivity contribution in [2.75, 3.05) is 36.4 Å². The fraction of sp³-hybridized carbons (Fsp3) is 0.522. The molecular weight excluding hydrogens is 438 g/mol. The molecule has 1 amide bonds. The molecular formula is C23H37N7O2S. The molecule has 2 N–H and O–H groups in total. The Morgan fingerprint density at radius 2 is 1.91 bits per heavy atom. The minimum atomic E-state index is -1.65. The van der Waals surface area contributed by atoms with Crippen LogP contribution in [-0.4, -0.2) is 72.8 Å². The SMILES string of the molecule is C=S(C)(C)(C)CCOCn1cc(C(=O)NC(C)(C)C)c2nc(Nc3cnn(C)c3)c(C)nc21. The Kier molecular flexibility index (Phi) is 6.47. The Morgan fingerprint density at radius 1 is 1.21 bits per heavy atom. The molecule has 0 bridgehead atoms. The zero-order chi connectivity index (χ0) is 24.6. The first-order valence-electron chi connectivity index (χ1n) is 10.8. The maximum atomic E-state index is 13.1. The van der Waals surface area contributed by atoms with Crippen molar-refractivity contribution in [1.29, 1.82) is 0 Å². The number of ether oxygens (including phenoxy) is 1. The van der Waals surface area contributed by atoms with E-state index in [0.29, 0.717) is 34.8 Å². The van der Waals surface area contributed by atoms with Gasteiger partial charge in [0.15, 0.2) is 11.5 Å². The van der Waals surface area contributed by atoms with Gasteiger partial charge in [0.25, 0.3) is 5.91 Å². The Morgan fingerprint density at radius 3 is 2.48 bits per heavy atom. The van der Waals surface area contributed by atoms with Crippen LogP contribution in [0.25, 0.3) is 11.2 Å². The van der Waals surface area contributed by atoms with E-state index in [1.165, 1.54) is 0 Å². The number of amides is 1. The predicted molar refractivity (Wildman–Crippen MR) is 139 cm³/mol.